The van der Waals surface area contributed by atoms with Gasteiger partial charge in [0, 0.05) is 23.9 Å². The Bertz CT molecular complexity index is 1000. The topological polar surface area (TPSA) is 63.1 Å². The highest BCUT2D eigenvalue weighted by Crippen LogP contribution is 2.30. The van der Waals surface area contributed by atoms with E-state index in [9.17, 15) is 18.0 Å². The second kappa shape index (κ2) is 6.44. The molecule has 4 nitrogen and oxygen atoms in total. The molecule has 0 saturated heterocycles. The molecule has 3 rings (SSSR count). The van der Waals surface area contributed by atoms with E-state index >= 15 is 0 Å². The second-order valence-corrected chi connectivity index (χ2v) is 6.75. The number of aromatic nitrogens is 2. The van der Waals surface area contributed by atoms with Crippen LogP contribution in [0.25, 0.3) is 10.2 Å². The zero-order valence-electron chi connectivity index (χ0n) is 13.4. The molecule has 3 aromatic rings. The van der Waals surface area contributed by atoms with Crippen LogP contribution in [-0.4, -0.2) is 21.0 Å². The van der Waals surface area contributed by atoms with Crippen molar-refractivity contribution in [2.75, 3.05) is 0 Å². The Hall–Kier alpha value is -2.48. The van der Waals surface area contributed by atoms with E-state index in [4.69, 9.17) is 5.11 Å². The SMILES string of the molecule is Cc1nc(C)c(Cc2nc3c(F)c(F)cc(F)c3s2)cc1CC(=O)O. The van der Waals surface area contributed by atoms with E-state index in [0.29, 0.717) is 33.6 Å². The number of carbonyl (C=O) groups is 1. The van der Waals surface area contributed by atoms with Gasteiger partial charge in [0.25, 0.3) is 0 Å². The number of pyridine rings is 1. The van der Waals surface area contributed by atoms with Gasteiger partial charge < -0.3 is 5.11 Å². The van der Waals surface area contributed by atoms with Gasteiger partial charge in [-0.05, 0) is 25.0 Å². The molecule has 0 bridgehead atoms. The molecule has 0 unspecified atom stereocenters. The van der Waals surface area contributed by atoms with Crippen LogP contribution in [0.3, 0.4) is 0 Å². The van der Waals surface area contributed by atoms with Gasteiger partial charge in [0.1, 0.15) is 11.3 Å². The molecular formula is C17H13F3N2O2S. The third-order valence-corrected chi connectivity index (χ3v) is 4.92. The molecule has 0 spiro atoms. The summed E-state index contributed by atoms with van der Waals surface area (Å²) >= 11 is 0.937. The summed E-state index contributed by atoms with van der Waals surface area (Å²) in [6.07, 6.45) is 0.0615. The van der Waals surface area contributed by atoms with E-state index in [1.165, 1.54) is 0 Å². The van der Waals surface area contributed by atoms with Gasteiger partial charge in [0.2, 0.25) is 0 Å². The molecule has 0 atom stereocenters. The molecule has 0 aliphatic rings. The van der Waals surface area contributed by atoms with Gasteiger partial charge in [-0.2, -0.15) is 0 Å². The lowest BCUT2D eigenvalue weighted by atomic mass is 10.0. The van der Waals surface area contributed by atoms with E-state index in [0.717, 1.165) is 11.3 Å². The lowest BCUT2D eigenvalue weighted by Gasteiger charge is -2.09. The Morgan fingerprint density at radius 3 is 2.44 bits per heavy atom. The van der Waals surface area contributed by atoms with Crippen LogP contribution in [0.15, 0.2) is 12.1 Å². The van der Waals surface area contributed by atoms with Gasteiger partial charge in [-0.3, -0.25) is 9.78 Å². The molecule has 0 saturated carbocycles. The molecule has 25 heavy (non-hydrogen) atoms. The smallest absolute Gasteiger partial charge is 0.307 e. The van der Waals surface area contributed by atoms with Gasteiger partial charge in [-0.15, -0.1) is 11.3 Å². The number of halogens is 3. The van der Waals surface area contributed by atoms with Crippen LogP contribution in [0, 0.1) is 31.3 Å². The zero-order valence-corrected chi connectivity index (χ0v) is 14.2. The number of nitrogens with zero attached hydrogens (tertiary/aromatic N) is 2. The highest BCUT2D eigenvalue weighted by Gasteiger charge is 2.18. The molecule has 0 fully saturated rings. The largest absolute Gasteiger partial charge is 0.481 e. The van der Waals surface area contributed by atoms with Crippen LogP contribution in [0.1, 0.15) is 27.5 Å². The summed E-state index contributed by atoms with van der Waals surface area (Å²) in [7, 11) is 0. The number of benzene rings is 1. The number of aryl methyl sites for hydroxylation is 2. The number of carboxylic acids is 1. The number of rotatable bonds is 4. The van der Waals surface area contributed by atoms with Crippen LogP contribution in [0.4, 0.5) is 13.2 Å². The van der Waals surface area contributed by atoms with Crippen LogP contribution >= 0.6 is 11.3 Å². The Balaban J connectivity index is 2.03. The number of hydrogen-bond acceptors (Lipinski definition) is 4. The first-order chi connectivity index (χ1) is 11.8. The number of fused-ring (bicyclic) bond motifs is 1. The van der Waals surface area contributed by atoms with E-state index in [1.54, 1.807) is 19.9 Å². The van der Waals surface area contributed by atoms with E-state index in [2.05, 4.69) is 9.97 Å². The highest BCUT2D eigenvalue weighted by molar-refractivity contribution is 7.18. The monoisotopic (exact) mass is 366 g/mol. The molecule has 2 heterocycles. The Kier molecular flexibility index (Phi) is 4.47. The maximum Gasteiger partial charge on any atom is 0.307 e. The Morgan fingerprint density at radius 2 is 1.76 bits per heavy atom. The predicted molar refractivity (Wildman–Crippen MR) is 87.4 cm³/mol. The maximum absolute atomic E-state index is 13.8. The van der Waals surface area contributed by atoms with E-state index in [-0.39, 0.29) is 23.1 Å². The van der Waals surface area contributed by atoms with E-state index < -0.39 is 23.4 Å². The van der Waals surface area contributed by atoms with Crippen molar-refractivity contribution in [3.63, 3.8) is 0 Å². The highest BCUT2D eigenvalue weighted by atomic mass is 32.1. The molecule has 0 amide bonds. The Morgan fingerprint density at radius 1 is 1.08 bits per heavy atom. The average molecular weight is 366 g/mol. The standard InChI is InChI=1S/C17H13F3N2O2S/c1-7-9(3-10(5-14(23)24)8(2)21-7)4-13-22-16-15(20)11(18)6-12(19)17(16)25-13/h3,6H,4-5H2,1-2H3,(H,23,24). The Labute approximate surface area is 145 Å². The molecule has 2 aromatic heterocycles. The van der Waals surface area contributed by atoms with E-state index in [1.807, 2.05) is 0 Å². The molecule has 1 N–H and O–H groups in total. The fourth-order valence-electron chi connectivity index (χ4n) is 2.60. The molecular weight excluding hydrogens is 353 g/mol. The number of hydrogen-bond donors (Lipinski definition) is 1. The van der Waals surface area contributed by atoms with Crippen molar-refractivity contribution >= 4 is 27.5 Å². The van der Waals surface area contributed by atoms with Crippen LogP contribution < -0.4 is 0 Å². The van der Waals surface area contributed by atoms with Crippen molar-refractivity contribution in [1.82, 2.24) is 9.97 Å². The van der Waals surface area contributed by atoms with Crippen molar-refractivity contribution < 1.29 is 23.1 Å². The van der Waals surface area contributed by atoms with Gasteiger partial charge >= 0.3 is 5.97 Å². The predicted octanol–water partition coefficient (Wildman–Crippen LogP) is 3.94. The summed E-state index contributed by atoms with van der Waals surface area (Å²) in [4.78, 5) is 19.3. The van der Waals surface area contributed by atoms with Crippen LogP contribution in [-0.2, 0) is 17.6 Å². The first-order valence-corrected chi connectivity index (χ1v) is 8.18. The fourth-order valence-corrected chi connectivity index (χ4v) is 3.59. The third-order valence-electron chi connectivity index (χ3n) is 3.86. The average Bonchev–Trinajstić information content (AvgIpc) is 2.94. The summed E-state index contributed by atoms with van der Waals surface area (Å²) in [5.41, 5.74) is 2.24. The van der Waals surface area contributed by atoms with Crippen LogP contribution in [0.5, 0.6) is 0 Å². The summed E-state index contributed by atoms with van der Waals surface area (Å²) in [5, 5.41) is 9.36. The second-order valence-electron chi connectivity index (χ2n) is 5.66. The third kappa shape index (κ3) is 3.34. The van der Waals surface area contributed by atoms with Crippen molar-refractivity contribution in [1.29, 1.82) is 0 Å². The molecule has 1 aromatic carbocycles. The summed E-state index contributed by atoms with van der Waals surface area (Å²) in [6, 6.07) is 2.22. The van der Waals surface area contributed by atoms with Crippen molar-refractivity contribution in [3.8, 4) is 0 Å². The summed E-state index contributed by atoms with van der Waals surface area (Å²) in [5.74, 6) is -4.29. The number of thiazole rings is 1. The zero-order chi connectivity index (χ0) is 18.3. The lowest BCUT2D eigenvalue weighted by molar-refractivity contribution is -0.136. The minimum absolute atomic E-state index is 0.0441. The molecule has 0 aliphatic heterocycles. The number of carboxylic acid groups (broad SMARTS) is 1. The minimum Gasteiger partial charge on any atom is -0.481 e. The van der Waals surface area contributed by atoms with Crippen LogP contribution in [0.2, 0.25) is 0 Å². The first-order valence-electron chi connectivity index (χ1n) is 7.37. The summed E-state index contributed by atoms with van der Waals surface area (Å²) < 4.78 is 40.9. The quantitative estimate of drug-likeness (QED) is 0.711. The fraction of sp³-hybridized carbons (Fsp3) is 0.235. The van der Waals surface area contributed by atoms with Gasteiger partial charge in [0.05, 0.1) is 16.1 Å². The van der Waals surface area contributed by atoms with Gasteiger partial charge in [-0.1, -0.05) is 6.07 Å². The number of aliphatic carboxylic acids is 1. The minimum atomic E-state index is -1.28. The molecule has 8 heteroatoms. The molecule has 130 valence electrons. The van der Waals surface area contributed by atoms with Gasteiger partial charge in [-0.25, -0.2) is 18.2 Å². The van der Waals surface area contributed by atoms with Crippen molar-refractivity contribution in [2.45, 2.75) is 26.7 Å². The normalized spacial score (nSPS) is 11.2. The van der Waals surface area contributed by atoms with Gasteiger partial charge in [0.15, 0.2) is 11.6 Å². The van der Waals surface area contributed by atoms with Crippen molar-refractivity contribution in [2.24, 2.45) is 0 Å². The summed E-state index contributed by atoms with van der Waals surface area (Å²) in [6.45, 7) is 3.49. The van der Waals surface area contributed by atoms with Crippen molar-refractivity contribution in [3.05, 3.63) is 57.1 Å². The molecule has 0 aliphatic carbocycles. The maximum atomic E-state index is 13.8. The first kappa shape index (κ1) is 17.3. The lowest BCUT2D eigenvalue weighted by Crippen LogP contribution is -2.06. The molecule has 0 radical (unpaired) electrons.